The first-order chi connectivity index (χ1) is 35.6. The van der Waals surface area contributed by atoms with Crippen LogP contribution in [0.2, 0.25) is 0 Å². The molecule has 1 aromatic rings. The topological polar surface area (TPSA) is 439 Å². The van der Waals surface area contributed by atoms with Crippen molar-refractivity contribution in [3.05, 3.63) is 29.8 Å². The minimum Gasteiger partial charge on any atom is -0.508 e. The van der Waals surface area contributed by atoms with Gasteiger partial charge in [-0.15, -0.1) is 0 Å². The molecule has 0 saturated carbocycles. The van der Waals surface area contributed by atoms with Gasteiger partial charge in [0.05, 0.1) is 26.2 Å². The monoisotopic (exact) mass is 1080 g/mol. The highest BCUT2D eigenvalue weighted by Crippen LogP contribution is 2.20. The van der Waals surface area contributed by atoms with E-state index in [4.69, 9.17) is 21.9 Å². The first kappa shape index (κ1) is 65.0. The zero-order valence-corrected chi connectivity index (χ0v) is 44.5. The van der Waals surface area contributed by atoms with Crippen LogP contribution in [-0.2, 0) is 59.1 Å². The smallest absolute Gasteiger partial charge is 0.328 e. The molecule has 0 spiro atoms. The number of nitrogens with one attached hydrogen (secondary N) is 7. The maximum absolute atomic E-state index is 14.1. The molecule has 0 radical (unpaired) electrons. The number of amides is 8. The molecule has 1 heterocycles. The molecule has 0 aliphatic carbocycles. The number of benzene rings is 1. The number of carbonyl (C=O) groups excluding carboxylic acids is 9. The number of aliphatic hydroxyl groups excluding tert-OH is 2. The summed E-state index contributed by atoms with van der Waals surface area (Å²) < 4.78 is 4.91. The van der Waals surface area contributed by atoms with Gasteiger partial charge in [0, 0.05) is 19.5 Å². The van der Waals surface area contributed by atoms with E-state index >= 15 is 0 Å². The number of aromatic hydroxyl groups is 1. The van der Waals surface area contributed by atoms with E-state index in [9.17, 15) is 68.4 Å². The fourth-order valence-electron chi connectivity index (χ4n) is 8.14. The number of esters is 1. The van der Waals surface area contributed by atoms with Crippen molar-refractivity contribution in [2.45, 2.75) is 160 Å². The fourth-order valence-corrected chi connectivity index (χ4v) is 8.14. The summed E-state index contributed by atoms with van der Waals surface area (Å²) in [4.78, 5) is 140. The van der Waals surface area contributed by atoms with E-state index in [-0.39, 0.29) is 75.2 Å². The third kappa shape index (κ3) is 21.6. The number of nitrogens with zero attached hydrogens (tertiary/aromatic N) is 2. The highest BCUT2D eigenvalue weighted by Gasteiger charge is 2.40. The molecular weight excluding hydrogens is 997 g/mol. The zero-order valence-electron chi connectivity index (χ0n) is 44.5. The van der Waals surface area contributed by atoms with E-state index in [0.29, 0.717) is 12.0 Å². The summed E-state index contributed by atoms with van der Waals surface area (Å²) in [6.07, 6.45) is -2.04. The number of aliphatic carboxylic acids is 1. The third-order valence-electron chi connectivity index (χ3n) is 12.1. The average molecular weight is 1080 g/mol. The molecule has 1 aromatic carbocycles. The van der Waals surface area contributed by atoms with Gasteiger partial charge in [0.1, 0.15) is 60.1 Å². The lowest BCUT2D eigenvalue weighted by Crippen LogP contribution is -2.62. The number of guanidine groups is 1. The Balaban J connectivity index is 2.37. The third-order valence-corrected chi connectivity index (χ3v) is 12.1. The van der Waals surface area contributed by atoms with Gasteiger partial charge in [-0.25, -0.2) is 4.79 Å². The summed E-state index contributed by atoms with van der Waals surface area (Å²) in [5, 5.41) is 57.3. The number of phenolic OH excluding ortho intramolecular Hbond substituents is 1. The van der Waals surface area contributed by atoms with Gasteiger partial charge in [-0.3, -0.25) is 48.1 Å². The molecule has 27 nitrogen and oxygen atoms in total. The number of likely N-dealkylation sites (tertiary alicyclic amines) is 1. The Morgan fingerprint density at radius 3 is 1.71 bits per heavy atom. The van der Waals surface area contributed by atoms with E-state index in [0.717, 1.165) is 7.11 Å². The van der Waals surface area contributed by atoms with Crippen LogP contribution in [-0.4, -0.2) is 178 Å². The molecule has 17 N–H and O–H groups in total. The normalized spacial score (nSPS) is 16.8. The highest BCUT2D eigenvalue weighted by molar-refractivity contribution is 5.99. The van der Waals surface area contributed by atoms with Gasteiger partial charge in [-0.05, 0) is 80.9 Å². The number of aliphatic hydroxyl groups is 2. The molecule has 27 heteroatoms. The van der Waals surface area contributed by atoms with Gasteiger partial charge < -0.3 is 84.5 Å². The van der Waals surface area contributed by atoms with Crippen LogP contribution in [0.4, 0.5) is 0 Å². The SMILES string of the molecule is COC(=O)[C@H](Cc1ccc(O)cc1)NC(=O)[C@H](CCCN=C(N)N)NC(=O)[C@H](CC(C)C)NC(=O)[C@H](CC(=O)O)NC(=O)[C@H](CC(C)C)NC(=O)[C@@H](NC(=O)[C@@H](NC(=O)[C@@H]1CCCN1C(=O)[C@@H](N)CO)C(C)C)[C@@H](C)O. The van der Waals surface area contributed by atoms with Crippen molar-refractivity contribution in [1.82, 2.24) is 42.1 Å². The second kappa shape index (κ2) is 31.7. The predicted octanol–water partition coefficient (Wildman–Crippen LogP) is -3.53. The van der Waals surface area contributed by atoms with Crippen molar-refractivity contribution >= 4 is 65.2 Å². The molecule has 1 aliphatic rings. The Hall–Kier alpha value is -7.13. The number of rotatable bonds is 31. The largest absolute Gasteiger partial charge is 0.508 e. The van der Waals surface area contributed by atoms with Gasteiger partial charge >= 0.3 is 11.9 Å². The Morgan fingerprint density at radius 1 is 0.711 bits per heavy atom. The van der Waals surface area contributed by atoms with Crippen molar-refractivity contribution in [3.63, 3.8) is 0 Å². The van der Waals surface area contributed by atoms with Crippen LogP contribution < -0.4 is 54.4 Å². The molecular formula is C49H80N12O15. The Kier molecular flexibility index (Phi) is 27.1. The number of methoxy groups -OCH3 is 1. The number of carboxylic acids is 1. The zero-order chi connectivity index (χ0) is 57.6. The highest BCUT2D eigenvalue weighted by atomic mass is 16.5. The minimum atomic E-state index is -1.86. The molecule has 1 saturated heterocycles. The number of carbonyl (C=O) groups is 10. The van der Waals surface area contributed by atoms with Crippen LogP contribution in [0.5, 0.6) is 5.75 Å². The summed E-state index contributed by atoms with van der Waals surface area (Å²) in [6, 6.07) is -6.83. The maximum Gasteiger partial charge on any atom is 0.328 e. The first-order valence-electron chi connectivity index (χ1n) is 25.2. The van der Waals surface area contributed by atoms with E-state index < -0.39 is 139 Å². The van der Waals surface area contributed by atoms with Gasteiger partial charge in [-0.2, -0.15) is 0 Å². The van der Waals surface area contributed by atoms with Gasteiger partial charge in [0.25, 0.3) is 0 Å². The molecule has 1 fully saturated rings. The van der Waals surface area contributed by atoms with Crippen LogP contribution >= 0.6 is 0 Å². The number of ether oxygens (including phenoxy) is 1. The number of nitrogens with two attached hydrogens (primary N) is 3. The summed E-state index contributed by atoms with van der Waals surface area (Å²) in [6.45, 7) is 10.8. The molecule has 426 valence electrons. The predicted molar refractivity (Wildman–Crippen MR) is 275 cm³/mol. The molecule has 8 amide bonds. The van der Waals surface area contributed by atoms with Crippen LogP contribution in [0.25, 0.3) is 0 Å². The number of phenols is 1. The molecule has 1 aliphatic heterocycles. The van der Waals surface area contributed by atoms with E-state index in [2.05, 4.69) is 42.2 Å². The van der Waals surface area contributed by atoms with Crippen molar-refractivity contribution in [3.8, 4) is 5.75 Å². The molecule has 10 atom stereocenters. The van der Waals surface area contributed by atoms with Crippen LogP contribution in [0.1, 0.15) is 99.0 Å². The molecule has 2 rings (SSSR count). The number of aliphatic imine (C=N–C) groups is 1. The van der Waals surface area contributed by atoms with E-state index in [1.807, 2.05) is 0 Å². The van der Waals surface area contributed by atoms with Crippen LogP contribution in [0, 0.1) is 17.8 Å². The second-order valence-electron chi connectivity index (χ2n) is 19.9. The second-order valence-corrected chi connectivity index (χ2v) is 19.9. The molecule has 76 heavy (non-hydrogen) atoms. The number of hydrogen-bond donors (Lipinski definition) is 14. The number of carboxylic acid groups (broad SMARTS) is 1. The quantitative estimate of drug-likeness (QED) is 0.0148. The summed E-state index contributed by atoms with van der Waals surface area (Å²) >= 11 is 0. The number of hydrogen-bond acceptors (Lipinski definition) is 16. The lowest BCUT2D eigenvalue weighted by Gasteiger charge is -2.31. The Labute approximate surface area is 442 Å². The van der Waals surface area contributed by atoms with Crippen molar-refractivity contribution < 1.29 is 73.1 Å². The summed E-state index contributed by atoms with van der Waals surface area (Å²) in [5.41, 5.74) is 17.2. The van der Waals surface area contributed by atoms with Crippen LogP contribution in [0.15, 0.2) is 29.3 Å². The summed E-state index contributed by atoms with van der Waals surface area (Å²) in [5.74, 6) is -11.0. The minimum absolute atomic E-state index is 0.0320. The van der Waals surface area contributed by atoms with Gasteiger partial charge in [0.2, 0.25) is 47.3 Å². The molecule has 0 bridgehead atoms. The van der Waals surface area contributed by atoms with Crippen LogP contribution in [0.3, 0.4) is 0 Å². The summed E-state index contributed by atoms with van der Waals surface area (Å²) in [7, 11) is 1.12. The van der Waals surface area contributed by atoms with Crippen molar-refractivity contribution in [2.75, 3.05) is 26.8 Å². The molecule has 0 unspecified atom stereocenters. The van der Waals surface area contributed by atoms with Crippen molar-refractivity contribution in [2.24, 2.45) is 39.9 Å². The van der Waals surface area contributed by atoms with E-state index in [1.165, 1.54) is 36.1 Å². The van der Waals surface area contributed by atoms with Gasteiger partial charge in [0.15, 0.2) is 5.96 Å². The fraction of sp³-hybridized carbons (Fsp3) is 0.653. The maximum atomic E-state index is 14.1. The van der Waals surface area contributed by atoms with Gasteiger partial charge in [-0.1, -0.05) is 53.7 Å². The Bertz CT molecular complexity index is 2190. The standard InChI is InChI=1S/C49H80N12O15/c1-24(2)19-32(41(68)54-31(11-9-17-53-49(51)52)40(67)58-35(48(75)76-8)21-28-13-15-29(64)16-14-28)55-43(70)34(22-37(65)66)56-42(69)33(20-25(3)4)57-46(73)39(27(7)63)60-45(72)38(26(5)6)59-44(71)36-12-10-18-61(36)47(74)30(50)23-62/h13-16,24-27,30-36,38-39,62-64H,9-12,17-23,50H2,1-8H3,(H,54,68)(H,55,70)(H,56,69)(H,57,73)(H,58,67)(H,59,71)(H,60,72)(H,65,66)(H4,51,52,53)/t27-,30+,31+,32+,33+,34+,35+,36+,38+,39+/m1/s1. The first-order valence-corrected chi connectivity index (χ1v) is 25.2. The lowest BCUT2D eigenvalue weighted by molar-refractivity contribution is -0.145. The lowest BCUT2D eigenvalue weighted by atomic mass is 9.99. The molecule has 0 aromatic heterocycles. The van der Waals surface area contributed by atoms with Crippen molar-refractivity contribution in [1.29, 1.82) is 0 Å². The Morgan fingerprint density at radius 2 is 1.21 bits per heavy atom. The average Bonchev–Trinajstić information content (AvgIpc) is 3.84. The van der Waals surface area contributed by atoms with E-state index in [1.54, 1.807) is 41.5 Å².